The summed E-state index contributed by atoms with van der Waals surface area (Å²) in [5, 5.41) is 0. The second-order valence-electron chi connectivity index (χ2n) is 2.77. The normalized spacial score (nSPS) is 40.7. The highest BCUT2D eigenvalue weighted by atomic mass is 17.2. The summed E-state index contributed by atoms with van der Waals surface area (Å²) in [6.45, 7) is 5.35. The van der Waals surface area contributed by atoms with Crippen LogP contribution in [0.25, 0.3) is 0 Å². The number of carbonyl (C=O) groups is 1. The van der Waals surface area contributed by atoms with Gasteiger partial charge in [0.2, 0.25) is 0 Å². The van der Waals surface area contributed by atoms with Crippen LogP contribution in [0.1, 0.15) is 27.2 Å². The number of ketones is 1. The van der Waals surface area contributed by atoms with Crippen molar-refractivity contribution in [2.45, 2.75) is 38.9 Å². The van der Waals surface area contributed by atoms with Gasteiger partial charge in [-0.2, -0.15) is 0 Å². The van der Waals surface area contributed by atoms with Gasteiger partial charge in [0.25, 0.3) is 0 Å². The van der Waals surface area contributed by atoms with Crippen LogP contribution in [0.2, 0.25) is 0 Å². The van der Waals surface area contributed by atoms with Crippen LogP contribution in [0, 0.1) is 0 Å². The molecule has 1 aliphatic rings. The zero-order valence-corrected chi connectivity index (χ0v) is 6.51. The van der Waals surface area contributed by atoms with E-state index in [1.807, 2.05) is 6.92 Å². The second-order valence-corrected chi connectivity index (χ2v) is 2.77. The molecule has 1 saturated heterocycles. The topological polar surface area (TPSA) is 35.5 Å². The quantitative estimate of drug-likeness (QED) is 0.516. The summed E-state index contributed by atoms with van der Waals surface area (Å²) in [5.74, 6) is 0.0370. The van der Waals surface area contributed by atoms with Gasteiger partial charge in [-0.1, -0.05) is 6.92 Å². The first-order valence-electron chi connectivity index (χ1n) is 3.49. The Labute approximate surface area is 60.2 Å². The number of carbonyl (C=O) groups excluding carboxylic acids is 1. The maximum absolute atomic E-state index is 11.2. The van der Waals surface area contributed by atoms with Gasteiger partial charge in [-0.25, -0.2) is 9.78 Å². The molecule has 3 heteroatoms. The maximum atomic E-state index is 11.2. The number of rotatable bonds is 1. The summed E-state index contributed by atoms with van der Waals surface area (Å²) >= 11 is 0. The number of Topliss-reactive ketones (excluding diaryl/α,β-unsaturated/α-hetero) is 1. The first-order valence-corrected chi connectivity index (χ1v) is 3.49. The smallest absolute Gasteiger partial charge is 0.199 e. The standard InChI is InChI=1S/C7H12O3/c1-4-7(3)6(8)5(2)9-10-7/h5H,4H2,1-3H3. The van der Waals surface area contributed by atoms with Crippen LogP contribution in [-0.4, -0.2) is 17.5 Å². The third-order valence-corrected chi connectivity index (χ3v) is 1.94. The van der Waals surface area contributed by atoms with E-state index in [0.29, 0.717) is 6.42 Å². The summed E-state index contributed by atoms with van der Waals surface area (Å²) in [5.41, 5.74) is -0.695. The van der Waals surface area contributed by atoms with E-state index in [1.165, 1.54) is 0 Å². The van der Waals surface area contributed by atoms with Crippen LogP contribution in [0.3, 0.4) is 0 Å². The van der Waals surface area contributed by atoms with Gasteiger partial charge >= 0.3 is 0 Å². The summed E-state index contributed by atoms with van der Waals surface area (Å²) in [7, 11) is 0. The molecule has 0 bridgehead atoms. The summed E-state index contributed by atoms with van der Waals surface area (Å²) < 4.78 is 0. The lowest BCUT2D eigenvalue weighted by atomic mass is 9.96. The van der Waals surface area contributed by atoms with Crippen LogP contribution < -0.4 is 0 Å². The highest BCUT2D eigenvalue weighted by Gasteiger charge is 2.44. The van der Waals surface area contributed by atoms with Crippen molar-refractivity contribution in [1.82, 2.24) is 0 Å². The zero-order valence-electron chi connectivity index (χ0n) is 6.51. The van der Waals surface area contributed by atoms with Crippen molar-refractivity contribution in [1.29, 1.82) is 0 Å². The van der Waals surface area contributed by atoms with Gasteiger partial charge in [0, 0.05) is 0 Å². The van der Waals surface area contributed by atoms with Gasteiger partial charge in [0.15, 0.2) is 17.5 Å². The molecule has 1 heterocycles. The molecule has 0 aromatic carbocycles. The molecule has 1 rings (SSSR count). The minimum absolute atomic E-state index is 0.0370. The monoisotopic (exact) mass is 144 g/mol. The van der Waals surface area contributed by atoms with Crippen LogP contribution in [0.5, 0.6) is 0 Å². The Bertz CT molecular complexity index is 155. The molecule has 3 nitrogen and oxygen atoms in total. The highest BCUT2D eigenvalue weighted by Crippen LogP contribution is 2.26. The van der Waals surface area contributed by atoms with Crippen molar-refractivity contribution in [2.24, 2.45) is 0 Å². The van der Waals surface area contributed by atoms with E-state index in [4.69, 9.17) is 9.78 Å². The van der Waals surface area contributed by atoms with E-state index in [0.717, 1.165) is 0 Å². The van der Waals surface area contributed by atoms with E-state index in [2.05, 4.69) is 0 Å². The Balaban J connectivity index is 2.73. The lowest BCUT2D eigenvalue weighted by Gasteiger charge is -2.14. The van der Waals surface area contributed by atoms with Gasteiger partial charge in [0.1, 0.15) is 0 Å². The molecule has 0 radical (unpaired) electrons. The minimum atomic E-state index is -0.695. The SMILES string of the molecule is CCC1(C)OOC(C)C1=O. The molecule has 0 aromatic heterocycles. The number of hydrogen-bond acceptors (Lipinski definition) is 3. The largest absolute Gasteiger partial charge is 0.293 e. The van der Waals surface area contributed by atoms with Gasteiger partial charge in [0.05, 0.1) is 0 Å². The predicted molar refractivity (Wildman–Crippen MR) is 35.3 cm³/mol. The average molecular weight is 144 g/mol. The van der Waals surface area contributed by atoms with Crippen molar-refractivity contribution >= 4 is 5.78 Å². The molecule has 0 spiro atoms. The summed E-state index contributed by atoms with van der Waals surface area (Å²) in [6, 6.07) is 0. The fourth-order valence-electron chi connectivity index (χ4n) is 0.926. The first kappa shape index (κ1) is 7.69. The molecule has 1 aliphatic heterocycles. The minimum Gasteiger partial charge on any atom is -0.293 e. The van der Waals surface area contributed by atoms with Crippen LogP contribution in [-0.2, 0) is 14.6 Å². The summed E-state index contributed by atoms with van der Waals surface area (Å²) in [6.07, 6.45) is 0.265. The van der Waals surface area contributed by atoms with E-state index >= 15 is 0 Å². The zero-order chi connectivity index (χ0) is 7.78. The molecule has 10 heavy (non-hydrogen) atoms. The Hall–Kier alpha value is -0.410. The molecule has 0 saturated carbocycles. The molecule has 0 amide bonds. The molecule has 0 aliphatic carbocycles. The van der Waals surface area contributed by atoms with Gasteiger partial charge < -0.3 is 0 Å². The Morgan fingerprint density at radius 2 is 2.30 bits per heavy atom. The first-order chi connectivity index (χ1) is 4.60. The Kier molecular flexibility index (Phi) is 1.79. The molecule has 2 unspecified atom stereocenters. The Morgan fingerprint density at radius 3 is 2.50 bits per heavy atom. The van der Waals surface area contributed by atoms with Gasteiger partial charge in [-0.3, -0.25) is 4.79 Å². The van der Waals surface area contributed by atoms with Crippen LogP contribution >= 0.6 is 0 Å². The highest BCUT2D eigenvalue weighted by molar-refractivity contribution is 5.91. The van der Waals surface area contributed by atoms with Crippen LogP contribution in [0.15, 0.2) is 0 Å². The van der Waals surface area contributed by atoms with Crippen molar-refractivity contribution in [3.05, 3.63) is 0 Å². The van der Waals surface area contributed by atoms with Crippen molar-refractivity contribution in [3.8, 4) is 0 Å². The molecule has 58 valence electrons. The van der Waals surface area contributed by atoms with E-state index in [9.17, 15) is 4.79 Å². The fourth-order valence-corrected chi connectivity index (χ4v) is 0.926. The fraction of sp³-hybridized carbons (Fsp3) is 0.857. The Morgan fingerprint density at radius 1 is 1.70 bits per heavy atom. The van der Waals surface area contributed by atoms with E-state index < -0.39 is 11.7 Å². The van der Waals surface area contributed by atoms with Gasteiger partial charge in [-0.15, -0.1) is 0 Å². The van der Waals surface area contributed by atoms with Crippen molar-refractivity contribution in [3.63, 3.8) is 0 Å². The number of hydrogen-bond donors (Lipinski definition) is 0. The predicted octanol–water partition coefficient (Wildman–Crippen LogP) is 1.07. The van der Waals surface area contributed by atoms with E-state index in [-0.39, 0.29) is 5.78 Å². The van der Waals surface area contributed by atoms with Gasteiger partial charge in [-0.05, 0) is 20.3 Å². The van der Waals surface area contributed by atoms with Crippen molar-refractivity contribution < 1.29 is 14.6 Å². The lowest BCUT2D eigenvalue weighted by molar-refractivity contribution is -0.320. The van der Waals surface area contributed by atoms with Crippen molar-refractivity contribution in [2.75, 3.05) is 0 Å². The second kappa shape index (κ2) is 2.32. The molecule has 0 aromatic rings. The molecule has 0 N–H and O–H groups in total. The summed E-state index contributed by atoms with van der Waals surface area (Å²) in [4.78, 5) is 20.8. The third-order valence-electron chi connectivity index (χ3n) is 1.94. The maximum Gasteiger partial charge on any atom is 0.199 e. The molecule has 1 fully saturated rings. The molecular formula is C7H12O3. The average Bonchev–Trinajstić information content (AvgIpc) is 2.19. The third kappa shape index (κ3) is 0.954. The molecular weight excluding hydrogens is 132 g/mol. The lowest BCUT2D eigenvalue weighted by Crippen LogP contribution is -2.33. The van der Waals surface area contributed by atoms with Crippen LogP contribution in [0.4, 0.5) is 0 Å². The van der Waals surface area contributed by atoms with E-state index in [1.54, 1.807) is 13.8 Å². The molecule has 2 atom stereocenters.